The van der Waals surface area contributed by atoms with Gasteiger partial charge in [0.1, 0.15) is 0 Å². The highest BCUT2D eigenvalue weighted by Crippen LogP contribution is 2.33. The molecule has 3 aromatic carbocycles. The fraction of sp³-hybridized carbons (Fsp3) is 0.138. The number of aromatic carboxylic acids is 1. The molecule has 4 rings (SSSR count). The second kappa shape index (κ2) is 10.6. The third-order valence-electron chi connectivity index (χ3n) is 6.08. The molecule has 0 radical (unpaired) electrons. The molecule has 0 saturated carbocycles. The van der Waals surface area contributed by atoms with Crippen molar-refractivity contribution in [2.45, 2.75) is 25.7 Å². The summed E-state index contributed by atoms with van der Waals surface area (Å²) in [6.07, 6.45) is 4.61. The minimum absolute atomic E-state index is 0.0253. The Labute approximate surface area is 199 Å². The van der Waals surface area contributed by atoms with E-state index < -0.39 is 5.97 Å². The van der Waals surface area contributed by atoms with Crippen LogP contribution in [0.5, 0.6) is 0 Å². The van der Waals surface area contributed by atoms with Crippen molar-refractivity contribution in [2.24, 2.45) is 5.16 Å². The van der Waals surface area contributed by atoms with Crippen molar-refractivity contribution >= 4 is 11.7 Å². The number of hydrogen-bond acceptors (Lipinski definition) is 4. The third kappa shape index (κ3) is 5.38. The first-order chi connectivity index (χ1) is 16.5. The molecule has 0 fully saturated rings. The molecular formula is C29H26N2O3. The summed E-state index contributed by atoms with van der Waals surface area (Å²) in [5.74, 6) is -0.909. The van der Waals surface area contributed by atoms with Crippen molar-refractivity contribution in [2.75, 3.05) is 0 Å². The van der Waals surface area contributed by atoms with Gasteiger partial charge in [0.25, 0.3) is 0 Å². The molecule has 0 aliphatic carbocycles. The number of carboxylic acid groups (broad SMARTS) is 1. The van der Waals surface area contributed by atoms with E-state index in [0.29, 0.717) is 18.6 Å². The van der Waals surface area contributed by atoms with Crippen LogP contribution in [-0.2, 0) is 6.42 Å². The monoisotopic (exact) mass is 450 g/mol. The van der Waals surface area contributed by atoms with Crippen molar-refractivity contribution in [1.29, 1.82) is 0 Å². The maximum atomic E-state index is 11.1. The van der Waals surface area contributed by atoms with Crippen LogP contribution < -0.4 is 0 Å². The maximum Gasteiger partial charge on any atom is 0.335 e. The lowest BCUT2D eigenvalue weighted by Crippen LogP contribution is -2.12. The fourth-order valence-corrected chi connectivity index (χ4v) is 4.22. The van der Waals surface area contributed by atoms with Gasteiger partial charge in [0.15, 0.2) is 0 Å². The SMILES string of the molecule is Cc1ccccc1C(CC(Cc1ccncc1)=NO)c1ccc(-c2ccc(C(=O)O)cc2)cc1. The third-order valence-corrected chi connectivity index (χ3v) is 6.08. The zero-order valence-corrected chi connectivity index (χ0v) is 18.9. The van der Waals surface area contributed by atoms with Crippen molar-refractivity contribution in [3.63, 3.8) is 0 Å². The maximum absolute atomic E-state index is 11.1. The Balaban J connectivity index is 1.64. The van der Waals surface area contributed by atoms with Crippen LogP contribution in [0.1, 0.15) is 45.0 Å². The van der Waals surface area contributed by atoms with Gasteiger partial charge in [-0.1, -0.05) is 65.8 Å². The molecule has 34 heavy (non-hydrogen) atoms. The van der Waals surface area contributed by atoms with Gasteiger partial charge >= 0.3 is 5.97 Å². The van der Waals surface area contributed by atoms with E-state index in [2.05, 4.69) is 53.5 Å². The molecule has 0 saturated heterocycles. The molecule has 1 heterocycles. The van der Waals surface area contributed by atoms with Crippen LogP contribution in [0.15, 0.2) is 102 Å². The smallest absolute Gasteiger partial charge is 0.335 e. The molecule has 170 valence electrons. The highest BCUT2D eigenvalue weighted by atomic mass is 16.4. The number of nitrogens with zero attached hydrogens (tertiary/aromatic N) is 2. The van der Waals surface area contributed by atoms with Crippen molar-refractivity contribution < 1.29 is 15.1 Å². The minimum atomic E-state index is -0.934. The normalized spacial score (nSPS) is 12.3. The van der Waals surface area contributed by atoms with Crippen molar-refractivity contribution in [3.05, 3.63) is 125 Å². The van der Waals surface area contributed by atoms with E-state index in [9.17, 15) is 10.0 Å². The molecule has 5 nitrogen and oxygen atoms in total. The van der Waals surface area contributed by atoms with E-state index >= 15 is 0 Å². The van der Waals surface area contributed by atoms with Crippen LogP contribution in [-0.4, -0.2) is 27.0 Å². The van der Waals surface area contributed by atoms with Gasteiger partial charge in [-0.05, 0) is 64.6 Å². The van der Waals surface area contributed by atoms with Crippen LogP contribution in [0.2, 0.25) is 0 Å². The summed E-state index contributed by atoms with van der Waals surface area (Å²) < 4.78 is 0. The molecule has 1 unspecified atom stereocenters. The van der Waals surface area contributed by atoms with Crippen molar-refractivity contribution in [3.8, 4) is 11.1 Å². The van der Waals surface area contributed by atoms with E-state index in [4.69, 9.17) is 5.11 Å². The predicted molar refractivity (Wildman–Crippen MR) is 134 cm³/mol. The average molecular weight is 451 g/mol. The molecule has 0 amide bonds. The summed E-state index contributed by atoms with van der Waals surface area (Å²) in [5.41, 5.74) is 7.48. The first-order valence-electron chi connectivity index (χ1n) is 11.1. The molecule has 0 spiro atoms. The topological polar surface area (TPSA) is 82.8 Å². The zero-order chi connectivity index (χ0) is 23.9. The second-order valence-electron chi connectivity index (χ2n) is 8.32. The number of oxime groups is 1. The van der Waals surface area contributed by atoms with Gasteiger partial charge in [0, 0.05) is 31.2 Å². The first kappa shape index (κ1) is 22.9. The molecule has 4 aromatic rings. The molecule has 1 atom stereocenters. The zero-order valence-electron chi connectivity index (χ0n) is 18.9. The van der Waals surface area contributed by atoms with Crippen LogP contribution in [0.4, 0.5) is 0 Å². The van der Waals surface area contributed by atoms with Gasteiger partial charge in [-0.15, -0.1) is 0 Å². The number of carbonyl (C=O) groups is 1. The lowest BCUT2D eigenvalue weighted by molar-refractivity contribution is 0.0697. The predicted octanol–water partition coefficient (Wildman–Crippen LogP) is 6.35. The molecule has 2 N–H and O–H groups in total. The molecule has 1 aromatic heterocycles. The lowest BCUT2D eigenvalue weighted by atomic mass is 9.83. The largest absolute Gasteiger partial charge is 0.478 e. The Morgan fingerprint density at radius 3 is 2.09 bits per heavy atom. The summed E-state index contributed by atoms with van der Waals surface area (Å²) in [6.45, 7) is 2.10. The van der Waals surface area contributed by atoms with Gasteiger partial charge in [-0.3, -0.25) is 4.98 Å². The Bertz CT molecular complexity index is 1280. The van der Waals surface area contributed by atoms with Gasteiger partial charge in [-0.25, -0.2) is 4.79 Å². The van der Waals surface area contributed by atoms with Crippen LogP contribution in [0.25, 0.3) is 11.1 Å². The summed E-state index contributed by atoms with van der Waals surface area (Å²) in [5, 5.41) is 22.6. The Morgan fingerprint density at radius 1 is 0.882 bits per heavy atom. The number of pyridine rings is 1. The van der Waals surface area contributed by atoms with E-state index in [1.54, 1.807) is 24.5 Å². The number of rotatable bonds is 8. The van der Waals surface area contributed by atoms with E-state index in [0.717, 1.165) is 22.3 Å². The summed E-state index contributed by atoms with van der Waals surface area (Å²) in [4.78, 5) is 15.2. The fourth-order valence-electron chi connectivity index (χ4n) is 4.22. The van der Waals surface area contributed by atoms with Crippen LogP contribution in [0.3, 0.4) is 0 Å². The van der Waals surface area contributed by atoms with Gasteiger partial charge in [0.2, 0.25) is 0 Å². The minimum Gasteiger partial charge on any atom is -0.478 e. The average Bonchev–Trinajstić information content (AvgIpc) is 2.88. The number of aryl methyl sites for hydroxylation is 1. The second-order valence-corrected chi connectivity index (χ2v) is 8.32. The van der Waals surface area contributed by atoms with Gasteiger partial charge in [0.05, 0.1) is 11.3 Å². The van der Waals surface area contributed by atoms with Crippen LogP contribution >= 0.6 is 0 Å². The molecular weight excluding hydrogens is 424 g/mol. The number of carboxylic acids is 1. The molecule has 5 heteroatoms. The highest BCUT2D eigenvalue weighted by Gasteiger charge is 2.20. The number of aromatic nitrogens is 1. The number of hydrogen-bond donors (Lipinski definition) is 2. The highest BCUT2D eigenvalue weighted by molar-refractivity contribution is 5.88. The first-order valence-corrected chi connectivity index (χ1v) is 11.1. The Hall–Kier alpha value is -4.25. The van der Waals surface area contributed by atoms with E-state index in [-0.39, 0.29) is 11.5 Å². The molecule has 0 aliphatic heterocycles. The van der Waals surface area contributed by atoms with Crippen LogP contribution in [0, 0.1) is 6.92 Å². The Kier molecular flexibility index (Phi) is 7.13. The van der Waals surface area contributed by atoms with E-state index in [1.807, 2.05) is 36.4 Å². The summed E-state index contributed by atoms with van der Waals surface area (Å²) in [6, 6.07) is 27.3. The quantitative estimate of drug-likeness (QED) is 0.186. The number of benzene rings is 3. The van der Waals surface area contributed by atoms with Gasteiger partial charge in [-0.2, -0.15) is 0 Å². The molecule has 0 bridgehead atoms. The van der Waals surface area contributed by atoms with E-state index in [1.165, 1.54) is 11.1 Å². The summed E-state index contributed by atoms with van der Waals surface area (Å²) >= 11 is 0. The lowest BCUT2D eigenvalue weighted by Gasteiger charge is -2.21. The summed E-state index contributed by atoms with van der Waals surface area (Å²) in [7, 11) is 0. The Morgan fingerprint density at radius 2 is 1.50 bits per heavy atom. The standard InChI is InChI=1S/C29H26N2O3/c1-20-4-2-3-5-27(20)28(19-26(31-34)18-21-14-16-30-17-15-21)24-10-6-22(7-11-24)23-8-12-25(13-9-23)29(32)33/h2-17,28,34H,18-19H2,1H3,(H,32,33). The van der Waals surface area contributed by atoms with Crippen molar-refractivity contribution in [1.82, 2.24) is 4.98 Å². The molecule has 0 aliphatic rings. The van der Waals surface area contributed by atoms with Gasteiger partial charge < -0.3 is 10.3 Å².